The first-order valence-electron chi connectivity index (χ1n) is 12.3. The minimum absolute atomic E-state index is 0.113. The van der Waals surface area contributed by atoms with Crippen LogP contribution in [0.5, 0.6) is 0 Å². The van der Waals surface area contributed by atoms with Crippen LogP contribution in [0.15, 0.2) is 96.2 Å². The molecule has 0 spiro atoms. The van der Waals surface area contributed by atoms with E-state index in [9.17, 15) is 0 Å². The molecule has 3 aromatic carbocycles. The van der Waals surface area contributed by atoms with Gasteiger partial charge in [-0.3, -0.25) is 15.0 Å². The summed E-state index contributed by atoms with van der Waals surface area (Å²) in [6.45, 7) is 0. The zero-order chi connectivity index (χ0) is 22.9. The lowest BCUT2D eigenvalue weighted by molar-refractivity contribution is 0.373. The molecule has 2 aliphatic heterocycles. The number of anilines is 1. The van der Waals surface area contributed by atoms with Crippen LogP contribution in [0.2, 0.25) is 0 Å². The Morgan fingerprint density at radius 3 is 2.77 bits per heavy atom. The van der Waals surface area contributed by atoms with Crippen molar-refractivity contribution in [2.45, 2.75) is 24.9 Å². The zero-order valence-electron chi connectivity index (χ0n) is 19.1. The highest BCUT2D eigenvalue weighted by molar-refractivity contribution is 7.20. The summed E-state index contributed by atoms with van der Waals surface area (Å²) in [7, 11) is 0. The van der Waals surface area contributed by atoms with Crippen molar-refractivity contribution in [1.82, 2.24) is 5.01 Å². The molecule has 4 aliphatic rings. The van der Waals surface area contributed by atoms with Gasteiger partial charge in [0.2, 0.25) is 0 Å². The van der Waals surface area contributed by atoms with Gasteiger partial charge in [-0.05, 0) is 42.2 Å². The van der Waals surface area contributed by atoms with Gasteiger partial charge in [0.15, 0.2) is 5.84 Å². The second-order valence-corrected chi connectivity index (χ2v) is 10.6. The minimum atomic E-state index is 0.113. The molecular formula is C31H23N3S. The average molecular weight is 470 g/mol. The summed E-state index contributed by atoms with van der Waals surface area (Å²) in [4.78, 5) is 6.69. The molecule has 0 saturated heterocycles. The lowest BCUT2D eigenvalue weighted by Crippen LogP contribution is -2.49. The molecule has 0 fully saturated rings. The third-order valence-electron chi connectivity index (χ3n) is 7.51. The van der Waals surface area contributed by atoms with Crippen LogP contribution in [0.3, 0.4) is 0 Å². The van der Waals surface area contributed by atoms with Gasteiger partial charge in [-0.1, -0.05) is 78.9 Å². The Kier molecular flexibility index (Phi) is 4.05. The van der Waals surface area contributed by atoms with E-state index in [1.54, 1.807) is 0 Å². The molecule has 2 aliphatic carbocycles. The molecule has 3 nitrogen and oxygen atoms in total. The summed E-state index contributed by atoms with van der Waals surface area (Å²) < 4.78 is 1.41. The Hall–Kier alpha value is -3.89. The molecule has 0 amide bonds. The van der Waals surface area contributed by atoms with Crippen molar-refractivity contribution in [2.75, 3.05) is 5.01 Å². The number of fused-ring (bicyclic) bond motifs is 5. The molecule has 0 saturated carbocycles. The van der Waals surface area contributed by atoms with Crippen molar-refractivity contribution in [1.29, 1.82) is 0 Å². The summed E-state index contributed by atoms with van der Waals surface area (Å²) in [5.74, 6) is 1.01. The fourth-order valence-electron chi connectivity index (χ4n) is 5.95. The van der Waals surface area contributed by atoms with Crippen molar-refractivity contribution >= 4 is 55.9 Å². The van der Waals surface area contributed by atoms with Gasteiger partial charge in [0.1, 0.15) is 0 Å². The molecule has 168 valence electrons. The monoisotopic (exact) mass is 469 g/mol. The number of allylic oxidation sites excluding steroid dienone is 3. The molecule has 2 unspecified atom stereocenters. The van der Waals surface area contributed by atoms with Crippen LogP contribution in [-0.2, 0) is 6.42 Å². The Balaban J connectivity index is 1.34. The van der Waals surface area contributed by atoms with E-state index in [-0.39, 0.29) is 12.1 Å². The maximum Gasteiger partial charge on any atom is 0.151 e. The van der Waals surface area contributed by atoms with Crippen molar-refractivity contribution in [3.8, 4) is 0 Å². The fraction of sp³-hybridized carbons (Fsp3) is 0.129. The van der Waals surface area contributed by atoms with Crippen LogP contribution in [0, 0.1) is 0 Å². The lowest BCUT2D eigenvalue weighted by atomic mass is 9.95. The molecule has 0 N–H and O–H groups in total. The van der Waals surface area contributed by atoms with Crippen molar-refractivity contribution in [3.05, 3.63) is 113 Å². The molecular weight excluding hydrogens is 446 g/mol. The first-order chi connectivity index (χ1) is 17.4. The van der Waals surface area contributed by atoms with Gasteiger partial charge in [0.25, 0.3) is 0 Å². The maximum absolute atomic E-state index is 5.17. The molecule has 2 atom stereocenters. The van der Waals surface area contributed by atoms with Gasteiger partial charge < -0.3 is 0 Å². The van der Waals surface area contributed by atoms with Crippen LogP contribution in [0.1, 0.15) is 28.0 Å². The Bertz CT molecular complexity index is 1670. The van der Waals surface area contributed by atoms with Gasteiger partial charge in [0.05, 0.1) is 17.8 Å². The number of hydrogen-bond donors (Lipinski definition) is 0. The van der Waals surface area contributed by atoms with E-state index in [2.05, 4.69) is 113 Å². The third kappa shape index (κ3) is 2.74. The van der Waals surface area contributed by atoms with Crippen molar-refractivity contribution in [2.24, 2.45) is 4.99 Å². The minimum Gasteiger partial charge on any atom is -0.258 e. The highest BCUT2D eigenvalue weighted by Gasteiger charge is 2.39. The summed E-state index contributed by atoms with van der Waals surface area (Å²) >= 11 is 1.98. The van der Waals surface area contributed by atoms with Crippen LogP contribution in [-0.4, -0.2) is 22.9 Å². The van der Waals surface area contributed by atoms with E-state index in [1.807, 2.05) is 11.3 Å². The number of aryl methyl sites for hydroxylation is 1. The first-order valence-corrected chi connectivity index (χ1v) is 13.1. The molecule has 35 heavy (non-hydrogen) atoms. The molecule has 0 radical (unpaired) electrons. The maximum atomic E-state index is 5.17. The van der Waals surface area contributed by atoms with Gasteiger partial charge in [0, 0.05) is 37.5 Å². The summed E-state index contributed by atoms with van der Waals surface area (Å²) in [6.07, 6.45) is 20.2. The first kappa shape index (κ1) is 19.4. The number of hydrogen-bond acceptors (Lipinski definition) is 4. The van der Waals surface area contributed by atoms with E-state index >= 15 is 0 Å². The molecule has 3 heterocycles. The normalized spacial score (nSPS) is 21.7. The molecule has 0 bridgehead atoms. The van der Waals surface area contributed by atoms with Gasteiger partial charge >= 0.3 is 0 Å². The standard InChI is InChI=1S/C31H23N3S/c1-2-9-20(10-3-1)31-32-25-13-5-6-14-26(25)34(31)33-18-17-21-19-24-22-11-4-7-16-28(22)35-30(24)23-12-8-15-27(33)29(21)23/h1-6,8-15,17-19,25-26H,7,16H2. The number of rotatable bonds is 2. The van der Waals surface area contributed by atoms with Crippen molar-refractivity contribution in [3.63, 3.8) is 0 Å². The number of thiophene rings is 1. The second kappa shape index (κ2) is 7.30. The van der Waals surface area contributed by atoms with Crippen LogP contribution >= 0.6 is 11.3 Å². The smallest absolute Gasteiger partial charge is 0.151 e. The largest absolute Gasteiger partial charge is 0.258 e. The van der Waals surface area contributed by atoms with Gasteiger partial charge in [-0.25, -0.2) is 0 Å². The fourth-order valence-corrected chi connectivity index (χ4v) is 7.26. The summed E-state index contributed by atoms with van der Waals surface area (Å²) in [6, 6.07) is 20.0. The molecule has 4 aromatic rings. The van der Waals surface area contributed by atoms with Crippen LogP contribution < -0.4 is 5.01 Å². The van der Waals surface area contributed by atoms with Crippen LogP contribution in [0.25, 0.3) is 33.0 Å². The number of nitrogens with zero attached hydrogens (tertiary/aromatic N) is 3. The van der Waals surface area contributed by atoms with E-state index in [4.69, 9.17) is 4.99 Å². The van der Waals surface area contributed by atoms with Gasteiger partial charge in [-0.2, -0.15) is 0 Å². The summed E-state index contributed by atoms with van der Waals surface area (Å²) in [5.41, 5.74) is 5.09. The predicted octanol–water partition coefficient (Wildman–Crippen LogP) is 7.35. The van der Waals surface area contributed by atoms with E-state index in [0.717, 1.165) is 24.2 Å². The molecule has 1 aromatic heterocycles. The Morgan fingerprint density at radius 1 is 0.914 bits per heavy atom. The van der Waals surface area contributed by atoms with E-state index in [0.29, 0.717) is 0 Å². The van der Waals surface area contributed by atoms with Gasteiger partial charge in [-0.15, -0.1) is 11.3 Å². The third-order valence-corrected chi connectivity index (χ3v) is 8.83. The quantitative estimate of drug-likeness (QED) is 0.306. The van der Waals surface area contributed by atoms with Crippen molar-refractivity contribution < 1.29 is 0 Å². The SMILES string of the molecule is C1=CC2N=C(c3ccccc3)N(N3C=Cc4cc5c6c(sc5c5cccc3c45)CCC=C6)C2C=C1. The Morgan fingerprint density at radius 2 is 1.83 bits per heavy atom. The lowest BCUT2D eigenvalue weighted by Gasteiger charge is -2.40. The van der Waals surface area contributed by atoms with E-state index < -0.39 is 0 Å². The highest BCUT2D eigenvalue weighted by Crippen LogP contribution is 2.46. The Labute approximate surface area is 208 Å². The molecule has 8 rings (SSSR count). The zero-order valence-corrected chi connectivity index (χ0v) is 20.0. The highest BCUT2D eigenvalue weighted by atomic mass is 32.1. The topological polar surface area (TPSA) is 18.8 Å². The molecule has 4 heteroatoms. The number of hydrazine groups is 1. The summed E-state index contributed by atoms with van der Waals surface area (Å²) in [5, 5.41) is 8.78. The van der Waals surface area contributed by atoms with Crippen LogP contribution in [0.4, 0.5) is 5.69 Å². The number of amidine groups is 1. The number of benzene rings is 3. The average Bonchev–Trinajstić information content (AvgIpc) is 3.49. The second-order valence-electron chi connectivity index (χ2n) is 9.50. The van der Waals surface area contributed by atoms with E-state index in [1.165, 1.54) is 42.6 Å². The predicted molar refractivity (Wildman–Crippen MR) is 149 cm³/mol. The number of aliphatic imine (C=N–C) groups is 1.